The van der Waals surface area contributed by atoms with Crippen molar-refractivity contribution in [3.05, 3.63) is 69.8 Å². The Hall–Kier alpha value is -4.08. The maximum atomic E-state index is 13.2. The molecule has 0 bridgehead atoms. The fourth-order valence-corrected chi connectivity index (χ4v) is 3.85. The first kappa shape index (κ1) is 22.1. The summed E-state index contributed by atoms with van der Waals surface area (Å²) in [6.07, 6.45) is 1.27. The molecule has 0 spiro atoms. The maximum Gasteiger partial charge on any atom is 0.338 e. The van der Waals surface area contributed by atoms with E-state index < -0.39 is 34.7 Å². The molecular weight excluding hydrogens is 430 g/mol. The Morgan fingerprint density at radius 2 is 1.67 bits per heavy atom. The normalized spacial score (nSPS) is 17.7. The summed E-state index contributed by atoms with van der Waals surface area (Å²) in [7, 11) is 0. The Bertz CT molecular complexity index is 1120. The van der Waals surface area contributed by atoms with Gasteiger partial charge in [0.25, 0.3) is 17.5 Å². The van der Waals surface area contributed by atoms with Crippen LogP contribution in [0.3, 0.4) is 0 Å². The molecule has 1 aliphatic carbocycles. The van der Waals surface area contributed by atoms with E-state index in [0.29, 0.717) is 24.1 Å². The van der Waals surface area contributed by atoms with Gasteiger partial charge in [0.05, 0.1) is 29.2 Å². The number of non-ortho nitro benzene ring substituents is 1. The monoisotopic (exact) mass is 451 g/mol. The smallest absolute Gasteiger partial charge is 0.338 e. The second kappa shape index (κ2) is 8.81. The number of esters is 1. The summed E-state index contributed by atoms with van der Waals surface area (Å²) in [6, 6.07) is 9.97. The van der Waals surface area contributed by atoms with E-state index in [4.69, 9.17) is 4.74 Å². The van der Waals surface area contributed by atoms with Crippen molar-refractivity contribution in [2.75, 3.05) is 11.5 Å². The minimum atomic E-state index is -0.961. The lowest BCUT2D eigenvalue weighted by Crippen LogP contribution is -2.46. The van der Waals surface area contributed by atoms with Crippen LogP contribution >= 0.6 is 0 Å². The molecule has 1 atom stereocenters. The summed E-state index contributed by atoms with van der Waals surface area (Å²) in [6.45, 7) is 1.92. The number of amides is 3. The minimum Gasteiger partial charge on any atom is -0.462 e. The van der Waals surface area contributed by atoms with Gasteiger partial charge in [0.2, 0.25) is 5.91 Å². The van der Waals surface area contributed by atoms with Crippen molar-refractivity contribution in [3.63, 3.8) is 0 Å². The van der Waals surface area contributed by atoms with Crippen molar-refractivity contribution in [2.45, 2.75) is 38.3 Å². The largest absolute Gasteiger partial charge is 0.462 e. The Morgan fingerprint density at radius 1 is 1.06 bits per heavy atom. The number of benzene rings is 2. The van der Waals surface area contributed by atoms with Crippen molar-refractivity contribution in [1.29, 1.82) is 0 Å². The lowest BCUT2D eigenvalue weighted by Gasteiger charge is -2.27. The first-order chi connectivity index (χ1) is 15.8. The molecule has 0 N–H and O–H groups in total. The van der Waals surface area contributed by atoms with Crippen LogP contribution in [0.15, 0.2) is 48.5 Å². The molecule has 1 unspecified atom stereocenters. The van der Waals surface area contributed by atoms with Crippen molar-refractivity contribution in [2.24, 2.45) is 0 Å². The van der Waals surface area contributed by atoms with Crippen molar-refractivity contribution >= 4 is 35.1 Å². The molecule has 10 heteroatoms. The molecule has 33 heavy (non-hydrogen) atoms. The van der Waals surface area contributed by atoms with Gasteiger partial charge in [-0.2, -0.15) is 0 Å². The number of hydrogen-bond acceptors (Lipinski definition) is 7. The van der Waals surface area contributed by atoms with Crippen molar-refractivity contribution in [1.82, 2.24) is 4.90 Å². The van der Waals surface area contributed by atoms with E-state index in [9.17, 15) is 29.3 Å². The molecule has 1 heterocycles. The Morgan fingerprint density at radius 3 is 2.21 bits per heavy atom. The van der Waals surface area contributed by atoms with E-state index in [0.717, 1.165) is 4.90 Å². The molecule has 4 rings (SSSR count). The Labute approximate surface area is 188 Å². The Kier molecular flexibility index (Phi) is 5.91. The predicted octanol–water partition coefficient (Wildman–Crippen LogP) is 2.71. The molecular formula is C23H21N3O7. The van der Waals surface area contributed by atoms with E-state index in [1.54, 1.807) is 6.92 Å². The number of imide groups is 1. The fraction of sp³-hybridized carbons (Fsp3) is 0.304. The highest BCUT2D eigenvalue weighted by Gasteiger charge is 2.48. The second-order valence-corrected chi connectivity index (χ2v) is 7.80. The van der Waals surface area contributed by atoms with Crippen molar-refractivity contribution < 1.29 is 28.8 Å². The highest BCUT2D eigenvalue weighted by atomic mass is 16.6. The number of carbonyl (C=O) groups excluding carboxylic acids is 4. The number of carbonyl (C=O) groups is 4. The van der Waals surface area contributed by atoms with Crippen LogP contribution in [0.1, 0.15) is 46.9 Å². The van der Waals surface area contributed by atoms with Gasteiger partial charge in [-0.3, -0.25) is 24.5 Å². The van der Waals surface area contributed by atoms with Crippen LogP contribution in [0.4, 0.5) is 11.4 Å². The molecule has 1 aliphatic heterocycles. The van der Waals surface area contributed by atoms with Gasteiger partial charge in [-0.05, 0) is 56.2 Å². The molecule has 170 valence electrons. The topological polar surface area (TPSA) is 127 Å². The van der Waals surface area contributed by atoms with Crippen LogP contribution in [0.25, 0.3) is 0 Å². The third-order valence-electron chi connectivity index (χ3n) is 5.60. The van der Waals surface area contributed by atoms with Gasteiger partial charge >= 0.3 is 5.97 Å². The van der Waals surface area contributed by atoms with Crippen LogP contribution in [0.2, 0.25) is 0 Å². The standard InChI is InChI=1S/C23H21N3O7/c1-2-33-23(30)15-5-7-17(8-6-15)25-20(27)13-19(22(25)29)24(16-11-12-16)21(28)14-3-9-18(10-4-14)26(31)32/h3-10,16,19H,2,11-13H2,1H3. The summed E-state index contributed by atoms with van der Waals surface area (Å²) in [5.41, 5.74) is 0.669. The summed E-state index contributed by atoms with van der Waals surface area (Å²) in [5.74, 6) is -1.92. The van der Waals surface area contributed by atoms with Gasteiger partial charge in [0.1, 0.15) is 6.04 Å². The molecule has 0 aromatic heterocycles. The third-order valence-corrected chi connectivity index (χ3v) is 5.60. The van der Waals surface area contributed by atoms with Crippen LogP contribution in [-0.2, 0) is 14.3 Å². The summed E-state index contributed by atoms with van der Waals surface area (Å²) in [5, 5.41) is 10.9. The number of nitrogens with zero attached hydrogens (tertiary/aromatic N) is 3. The minimum absolute atomic E-state index is 0.144. The van der Waals surface area contributed by atoms with E-state index in [1.807, 2.05) is 0 Å². The first-order valence-electron chi connectivity index (χ1n) is 10.5. The molecule has 2 fully saturated rings. The number of nitro benzene ring substituents is 1. The first-order valence-corrected chi connectivity index (χ1v) is 10.5. The number of rotatable bonds is 7. The summed E-state index contributed by atoms with van der Waals surface area (Å²) in [4.78, 5) is 63.8. The molecule has 0 radical (unpaired) electrons. The van der Waals surface area contributed by atoms with Gasteiger partial charge < -0.3 is 9.64 Å². The van der Waals surface area contributed by atoms with Gasteiger partial charge in [-0.1, -0.05) is 0 Å². The Balaban J connectivity index is 1.56. The van der Waals surface area contributed by atoms with Crippen LogP contribution in [0.5, 0.6) is 0 Å². The average Bonchev–Trinajstić information content (AvgIpc) is 3.59. The van der Waals surface area contributed by atoms with Gasteiger partial charge in [-0.25, -0.2) is 9.69 Å². The maximum absolute atomic E-state index is 13.2. The number of hydrogen-bond donors (Lipinski definition) is 0. The zero-order chi connectivity index (χ0) is 23.7. The van der Waals surface area contributed by atoms with E-state index in [2.05, 4.69) is 0 Å². The number of anilines is 1. The SMILES string of the molecule is CCOC(=O)c1ccc(N2C(=O)CC(N(C(=O)c3ccc([N+](=O)[O-])cc3)C3CC3)C2=O)cc1. The van der Waals surface area contributed by atoms with E-state index in [-0.39, 0.29) is 30.3 Å². The fourth-order valence-electron chi connectivity index (χ4n) is 3.85. The summed E-state index contributed by atoms with van der Waals surface area (Å²) < 4.78 is 4.94. The highest BCUT2D eigenvalue weighted by molar-refractivity contribution is 6.23. The highest BCUT2D eigenvalue weighted by Crippen LogP contribution is 2.35. The molecule has 2 aliphatic rings. The quantitative estimate of drug-likeness (QED) is 0.274. The van der Waals surface area contributed by atoms with Crippen LogP contribution < -0.4 is 4.90 Å². The molecule has 2 aromatic rings. The van der Waals surface area contributed by atoms with Crippen LogP contribution in [-0.4, -0.2) is 52.2 Å². The van der Waals surface area contributed by atoms with E-state index in [1.165, 1.54) is 53.4 Å². The van der Waals surface area contributed by atoms with Gasteiger partial charge in [0, 0.05) is 23.7 Å². The van der Waals surface area contributed by atoms with E-state index >= 15 is 0 Å². The average molecular weight is 451 g/mol. The molecule has 3 amide bonds. The molecule has 1 saturated heterocycles. The van der Waals surface area contributed by atoms with Gasteiger partial charge in [-0.15, -0.1) is 0 Å². The molecule has 2 aromatic carbocycles. The third kappa shape index (κ3) is 4.32. The lowest BCUT2D eigenvalue weighted by atomic mass is 10.1. The molecule has 10 nitrogen and oxygen atoms in total. The van der Waals surface area contributed by atoms with Crippen molar-refractivity contribution in [3.8, 4) is 0 Å². The van der Waals surface area contributed by atoms with Gasteiger partial charge in [0.15, 0.2) is 0 Å². The second-order valence-electron chi connectivity index (χ2n) is 7.80. The molecule has 1 saturated carbocycles. The number of nitro groups is 1. The number of ether oxygens (including phenoxy) is 1. The van der Waals surface area contributed by atoms with Crippen LogP contribution in [0, 0.1) is 10.1 Å². The summed E-state index contributed by atoms with van der Waals surface area (Å²) >= 11 is 0. The predicted molar refractivity (Wildman–Crippen MR) is 116 cm³/mol. The zero-order valence-electron chi connectivity index (χ0n) is 17.8. The zero-order valence-corrected chi connectivity index (χ0v) is 17.8. The lowest BCUT2D eigenvalue weighted by molar-refractivity contribution is -0.384.